The van der Waals surface area contributed by atoms with Gasteiger partial charge in [-0.15, -0.1) is 11.3 Å². The molecule has 7 nitrogen and oxygen atoms in total. The van der Waals surface area contributed by atoms with Crippen molar-refractivity contribution in [2.24, 2.45) is 5.73 Å². The molecule has 1 aromatic rings. The summed E-state index contributed by atoms with van der Waals surface area (Å²) in [5.41, 5.74) is 5.60. The number of aliphatic carboxylic acids is 1. The summed E-state index contributed by atoms with van der Waals surface area (Å²) in [6.45, 7) is 0.710. The fourth-order valence-corrected chi connectivity index (χ4v) is 2.08. The molecule has 1 amide bonds. The minimum Gasteiger partial charge on any atom is -0.480 e. The van der Waals surface area contributed by atoms with Crippen LogP contribution in [0.3, 0.4) is 0 Å². The molecular weight excluding hydrogens is 270 g/mol. The van der Waals surface area contributed by atoms with Crippen molar-refractivity contribution in [2.45, 2.75) is 25.4 Å². The highest BCUT2D eigenvalue weighted by Crippen LogP contribution is 2.09. The molecule has 0 bridgehead atoms. The zero-order chi connectivity index (χ0) is 14.3. The smallest absolute Gasteiger partial charge is 0.326 e. The highest BCUT2D eigenvalue weighted by molar-refractivity contribution is 7.09. The van der Waals surface area contributed by atoms with E-state index in [-0.39, 0.29) is 12.2 Å². The van der Waals surface area contributed by atoms with Crippen molar-refractivity contribution >= 4 is 23.2 Å². The van der Waals surface area contributed by atoms with Gasteiger partial charge in [0.2, 0.25) is 0 Å². The molecule has 8 heteroatoms. The van der Waals surface area contributed by atoms with E-state index in [1.807, 2.05) is 0 Å². The number of ether oxygens (including phenoxy) is 1. The molecule has 106 valence electrons. The maximum absolute atomic E-state index is 11.8. The van der Waals surface area contributed by atoms with Crippen LogP contribution in [0, 0.1) is 0 Å². The number of carboxylic acid groups (broad SMARTS) is 1. The molecule has 0 fully saturated rings. The second-order valence-corrected chi connectivity index (χ2v) is 4.77. The van der Waals surface area contributed by atoms with E-state index in [9.17, 15) is 9.59 Å². The molecule has 0 saturated carbocycles. The normalized spacial score (nSPS) is 12.1. The topological polar surface area (TPSA) is 115 Å². The maximum atomic E-state index is 11.8. The number of hydrogen-bond donors (Lipinski definition) is 3. The van der Waals surface area contributed by atoms with Crippen LogP contribution in [0.4, 0.5) is 0 Å². The molecule has 0 aromatic carbocycles. The number of thiazole rings is 1. The Morgan fingerprint density at radius 3 is 2.89 bits per heavy atom. The van der Waals surface area contributed by atoms with Crippen LogP contribution in [0.15, 0.2) is 5.38 Å². The maximum Gasteiger partial charge on any atom is 0.326 e. The third kappa shape index (κ3) is 4.93. The number of nitrogens with zero attached hydrogens (tertiary/aromatic N) is 1. The van der Waals surface area contributed by atoms with Crippen molar-refractivity contribution in [3.63, 3.8) is 0 Å². The molecule has 1 unspecified atom stereocenters. The predicted molar refractivity (Wildman–Crippen MR) is 70.0 cm³/mol. The summed E-state index contributed by atoms with van der Waals surface area (Å²) < 4.78 is 4.85. The number of rotatable bonds is 8. The van der Waals surface area contributed by atoms with E-state index in [1.54, 1.807) is 5.38 Å². The van der Waals surface area contributed by atoms with Gasteiger partial charge >= 0.3 is 5.97 Å². The van der Waals surface area contributed by atoms with Gasteiger partial charge in [0.05, 0.1) is 0 Å². The van der Waals surface area contributed by atoms with Gasteiger partial charge in [-0.3, -0.25) is 4.79 Å². The monoisotopic (exact) mass is 287 g/mol. The van der Waals surface area contributed by atoms with E-state index in [1.165, 1.54) is 18.4 Å². The van der Waals surface area contributed by atoms with Gasteiger partial charge in [-0.1, -0.05) is 0 Å². The van der Waals surface area contributed by atoms with Gasteiger partial charge < -0.3 is 20.9 Å². The molecule has 1 aromatic heterocycles. The van der Waals surface area contributed by atoms with Crippen LogP contribution < -0.4 is 11.1 Å². The highest BCUT2D eigenvalue weighted by Gasteiger charge is 2.21. The number of methoxy groups -OCH3 is 1. The number of carbonyl (C=O) groups is 2. The molecular formula is C11H17N3O4S. The van der Waals surface area contributed by atoms with Crippen LogP contribution in [0.2, 0.25) is 0 Å². The van der Waals surface area contributed by atoms with E-state index in [0.29, 0.717) is 24.5 Å². The minimum absolute atomic E-state index is 0.198. The molecule has 0 aliphatic rings. The van der Waals surface area contributed by atoms with Crippen molar-refractivity contribution < 1.29 is 19.4 Å². The second-order valence-electron chi connectivity index (χ2n) is 3.83. The van der Waals surface area contributed by atoms with Crippen molar-refractivity contribution in [1.82, 2.24) is 10.3 Å². The Morgan fingerprint density at radius 2 is 2.37 bits per heavy atom. The first-order chi connectivity index (χ1) is 9.08. The zero-order valence-corrected chi connectivity index (χ0v) is 11.4. The third-order valence-corrected chi connectivity index (χ3v) is 3.27. The predicted octanol–water partition coefficient (Wildman–Crippen LogP) is 0.211. The number of amides is 1. The largest absolute Gasteiger partial charge is 0.480 e. The van der Waals surface area contributed by atoms with Crippen molar-refractivity contribution in [3.05, 3.63) is 16.1 Å². The fourth-order valence-electron chi connectivity index (χ4n) is 1.43. The van der Waals surface area contributed by atoms with Crippen molar-refractivity contribution in [2.75, 3.05) is 13.7 Å². The molecule has 19 heavy (non-hydrogen) atoms. The second kappa shape index (κ2) is 7.82. The summed E-state index contributed by atoms with van der Waals surface area (Å²) in [5.74, 6) is -1.57. The summed E-state index contributed by atoms with van der Waals surface area (Å²) in [6.07, 6.45) is 0.863. The molecule has 0 saturated heterocycles. The lowest BCUT2D eigenvalue weighted by Crippen LogP contribution is -2.41. The number of nitrogens with one attached hydrogen (secondary N) is 1. The Hall–Kier alpha value is -1.51. The van der Waals surface area contributed by atoms with E-state index in [0.717, 1.165) is 0 Å². The molecule has 4 N–H and O–H groups in total. The van der Waals surface area contributed by atoms with Crippen LogP contribution in [-0.2, 0) is 16.1 Å². The first-order valence-corrected chi connectivity index (χ1v) is 6.63. The van der Waals surface area contributed by atoms with Gasteiger partial charge in [-0.2, -0.15) is 0 Å². The Morgan fingerprint density at radius 1 is 1.63 bits per heavy atom. The Balaban J connectivity index is 2.57. The molecule has 0 aliphatic heterocycles. The average Bonchev–Trinajstić information content (AvgIpc) is 2.86. The van der Waals surface area contributed by atoms with Crippen LogP contribution in [0.1, 0.15) is 28.3 Å². The average molecular weight is 287 g/mol. The van der Waals surface area contributed by atoms with Gasteiger partial charge in [0.25, 0.3) is 5.91 Å². The summed E-state index contributed by atoms with van der Waals surface area (Å²) in [4.78, 5) is 26.8. The fraction of sp³-hybridized carbons (Fsp3) is 0.545. The van der Waals surface area contributed by atoms with Crippen molar-refractivity contribution in [1.29, 1.82) is 0 Å². The van der Waals surface area contributed by atoms with Gasteiger partial charge in [0.15, 0.2) is 0 Å². The Labute approximate surface area is 114 Å². The number of aromatic nitrogens is 1. The quantitative estimate of drug-likeness (QED) is 0.589. The van der Waals surface area contributed by atoms with Crippen LogP contribution in [0.5, 0.6) is 0 Å². The molecule has 1 atom stereocenters. The van der Waals surface area contributed by atoms with Gasteiger partial charge in [0, 0.05) is 25.6 Å². The van der Waals surface area contributed by atoms with E-state index >= 15 is 0 Å². The summed E-state index contributed by atoms with van der Waals surface area (Å²) in [7, 11) is 1.54. The summed E-state index contributed by atoms with van der Waals surface area (Å²) in [6, 6.07) is -0.939. The van der Waals surface area contributed by atoms with Crippen LogP contribution in [-0.4, -0.2) is 41.7 Å². The van der Waals surface area contributed by atoms with E-state index in [4.69, 9.17) is 15.6 Å². The van der Waals surface area contributed by atoms with Gasteiger partial charge in [-0.05, 0) is 12.8 Å². The van der Waals surface area contributed by atoms with Crippen LogP contribution in [0.25, 0.3) is 0 Å². The van der Waals surface area contributed by atoms with Crippen LogP contribution >= 0.6 is 11.3 Å². The number of carbonyl (C=O) groups excluding carboxylic acids is 1. The van der Waals surface area contributed by atoms with Gasteiger partial charge in [-0.25, -0.2) is 9.78 Å². The van der Waals surface area contributed by atoms with E-state index < -0.39 is 17.9 Å². The lowest BCUT2D eigenvalue weighted by molar-refractivity contribution is -0.139. The lowest BCUT2D eigenvalue weighted by atomic mass is 10.1. The molecule has 0 radical (unpaired) electrons. The number of nitrogens with two attached hydrogens (primary N) is 1. The number of hydrogen-bond acceptors (Lipinski definition) is 6. The number of carboxylic acids is 1. The van der Waals surface area contributed by atoms with Crippen molar-refractivity contribution in [3.8, 4) is 0 Å². The molecule has 1 rings (SSSR count). The lowest BCUT2D eigenvalue weighted by Gasteiger charge is -2.13. The Bertz CT molecular complexity index is 435. The van der Waals surface area contributed by atoms with Gasteiger partial charge in [0.1, 0.15) is 16.7 Å². The zero-order valence-electron chi connectivity index (χ0n) is 10.6. The van der Waals surface area contributed by atoms with E-state index in [2.05, 4.69) is 10.3 Å². The standard InChI is InChI=1S/C11H17N3O4S/c1-18-4-2-3-7(11(16)17)14-10(15)8-6-19-9(5-12)13-8/h6-7H,2-5,12H2,1H3,(H,14,15)(H,16,17). The summed E-state index contributed by atoms with van der Waals surface area (Å²) in [5, 5.41) is 13.7. The first kappa shape index (κ1) is 15.5. The SMILES string of the molecule is COCCCC(NC(=O)c1csc(CN)n1)C(=O)O. The molecule has 1 heterocycles. The third-order valence-electron chi connectivity index (χ3n) is 2.40. The molecule has 0 aliphatic carbocycles. The molecule has 0 spiro atoms. The minimum atomic E-state index is -1.07. The summed E-state index contributed by atoms with van der Waals surface area (Å²) >= 11 is 1.27. The highest BCUT2D eigenvalue weighted by atomic mass is 32.1. The Kier molecular flexibility index (Phi) is 6.40. The first-order valence-electron chi connectivity index (χ1n) is 5.75.